The van der Waals surface area contributed by atoms with Crippen LogP contribution >= 0.6 is 0 Å². The molecule has 0 spiro atoms. The van der Waals surface area contributed by atoms with Crippen LogP contribution < -0.4 is 4.74 Å². The summed E-state index contributed by atoms with van der Waals surface area (Å²) in [6, 6.07) is 12.6. The van der Waals surface area contributed by atoms with Crippen molar-refractivity contribution in [2.24, 2.45) is 0 Å². The number of hydrogen-bond donors (Lipinski definition) is 0. The van der Waals surface area contributed by atoms with Crippen LogP contribution in [0, 0.1) is 24.1 Å². The molecular formula is C16H14FNO. The highest BCUT2D eigenvalue weighted by molar-refractivity contribution is 5.71. The van der Waals surface area contributed by atoms with Gasteiger partial charge in [0.2, 0.25) is 0 Å². The van der Waals surface area contributed by atoms with Gasteiger partial charge in [0.05, 0.1) is 19.6 Å². The van der Waals surface area contributed by atoms with Crippen LogP contribution in [0.5, 0.6) is 5.75 Å². The molecule has 0 fully saturated rings. The summed E-state index contributed by atoms with van der Waals surface area (Å²) < 4.78 is 19.3. The molecule has 0 heterocycles. The Kier molecular flexibility index (Phi) is 3.82. The van der Waals surface area contributed by atoms with Crippen LogP contribution in [0.25, 0.3) is 11.1 Å². The van der Waals surface area contributed by atoms with Gasteiger partial charge in [0.1, 0.15) is 11.6 Å². The van der Waals surface area contributed by atoms with Crippen LogP contribution in [-0.2, 0) is 6.42 Å². The molecule has 0 aliphatic rings. The van der Waals surface area contributed by atoms with Gasteiger partial charge in [-0.2, -0.15) is 5.26 Å². The lowest BCUT2D eigenvalue weighted by molar-refractivity contribution is 0.415. The van der Waals surface area contributed by atoms with Crippen LogP contribution in [0.3, 0.4) is 0 Å². The smallest absolute Gasteiger partial charge is 0.131 e. The summed E-state index contributed by atoms with van der Waals surface area (Å²) in [5.74, 6) is 0.307. The number of methoxy groups -OCH3 is 1. The lowest BCUT2D eigenvalue weighted by Gasteiger charge is -2.11. The zero-order valence-corrected chi connectivity index (χ0v) is 10.9. The molecule has 0 atom stereocenters. The largest absolute Gasteiger partial charge is 0.496 e. The minimum Gasteiger partial charge on any atom is -0.496 e. The average molecular weight is 255 g/mol. The van der Waals surface area contributed by atoms with Crippen molar-refractivity contribution in [2.45, 2.75) is 13.3 Å². The van der Waals surface area contributed by atoms with E-state index in [1.54, 1.807) is 25.3 Å². The number of aryl methyl sites for hydroxylation is 1. The van der Waals surface area contributed by atoms with Crippen molar-refractivity contribution >= 4 is 0 Å². The fraction of sp³-hybridized carbons (Fsp3) is 0.188. The molecule has 0 N–H and O–H groups in total. The third kappa shape index (κ3) is 2.74. The summed E-state index contributed by atoms with van der Waals surface area (Å²) in [6.07, 6.45) is 0.313. The van der Waals surface area contributed by atoms with E-state index in [1.165, 1.54) is 6.07 Å². The van der Waals surface area contributed by atoms with Crippen molar-refractivity contribution in [3.8, 4) is 22.9 Å². The van der Waals surface area contributed by atoms with E-state index in [2.05, 4.69) is 6.07 Å². The minimum absolute atomic E-state index is 0.272. The van der Waals surface area contributed by atoms with E-state index in [0.29, 0.717) is 23.3 Å². The number of benzene rings is 2. The molecular weight excluding hydrogens is 241 g/mol. The van der Waals surface area contributed by atoms with Gasteiger partial charge in [-0.25, -0.2) is 4.39 Å². The standard InChI is InChI=1S/C16H14FNO/c1-11-3-5-13(15(17)9-11)14-6-4-12(7-8-18)10-16(14)19-2/h3-6,9-10H,7H2,1-2H3. The predicted octanol–water partition coefficient (Wildman–Crippen LogP) is 3.88. The average Bonchev–Trinajstić information content (AvgIpc) is 2.39. The first-order chi connectivity index (χ1) is 9.15. The summed E-state index contributed by atoms with van der Waals surface area (Å²) >= 11 is 0. The van der Waals surface area contributed by atoms with E-state index in [1.807, 2.05) is 19.1 Å². The first kappa shape index (κ1) is 13.1. The monoisotopic (exact) mass is 255 g/mol. The van der Waals surface area contributed by atoms with Crippen molar-refractivity contribution in [2.75, 3.05) is 7.11 Å². The van der Waals surface area contributed by atoms with Crippen molar-refractivity contribution in [1.82, 2.24) is 0 Å². The quantitative estimate of drug-likeness (QED) is 0.834. The van der Waals surface area contributed by atoms with Crippen LogP contribution in [0.2, 0.25) is 0 Å². The lowest BCUT2D eigenvalue weighted by atomic mass is 10.00. The second-order valence-corrected chi connectivity index (χ2v) is 4.35. The Bertz CT molecular complexity index is 644. The number of nitrogens with zero attached hydrogens (tertiary/aromatic N) is 1. The molecule has 0 saturated carbocycles. The summed E-state index contributed by atoms with van der Waals surface area (Å²) in [5, 5.41) is 8.69. The molecule has 0 aromatic heterocycles. The molecule has 0 aliphatic heterocycles. The number of halogens is 1. The van der Waals surface area contributed by atoms with E-state index < -0.39 is 0 Å². The molecule has 0 amide bonds. The van der Waals surface area contributed by atoms with Crippen molar-refractivity contribution in [3.05, 3.63) is 53.3 Å². The van der Waals surface area contributed by atoms with Gasteiger partial charge in [-0.3, -0.25) is 0 Å². The Hall–Kier alpha value is -2.34. The highest BCUT2D eigenvalue weighted by atomic mass is 19.1. The summed E-state index contributed by atoms with van der Waals surface area (Å²) in [4.78, 5) is 0. The first-order valence-corrected chi connectivity index (χ1v) is 5.96. The van der Waals surface area contributed by atoms with E-state index in [9.17, 15) is 4.39 Å². The van der Waals surface area contributed by atoms with E-state index >= 15 is 0 Å². The predicted molar refractivity (Wildman–Crippen MR) is 72.4 cm³/mol. The number of rotatable bonds is 3. The van der Waals surface area contributed by atoms with Crippen LogP contribution in [0.1, 0.15) is 11.1 Å². The van der Waals surface area contributed by atoms with Gasteiger partial charge in [-0.1, -0.05) is 24.3 Å². The molecule has 0 unspecified atom stereocenters. The highest BCUT2D eigenvalue weighted by Gasteiger charge is 2.11. The van der Waals surface area contributed by atoms with Gasteiger partial charge in [-0.15, -0.1) is 0 Å². The number of hydrogen-bond acceptors (Lipinski definition) is 2. The molecule has 0 radical (unpaired) electrons. The van der Waals surface area contributed by atoms with Gasteiger partial charge in [0, 0.05) is 11.1 Å². The van der Waals surface area contributed by atoms with Gasteiger partial charge in [0.15, 0.2) is 0 Å². The van der Waals surface area contributed by atoms with E-state index in [4.69, 9.17) is 10.00 Å². The maximum Gasteiger partial charge on any atom is 0.131 e. The van der Waals surface area contributed by atoms with Gasteiger partial charge >= 0.3 is 0 Å². The second-order valence-electron chi connectivity index (χ2n) is 4.35. The number of ether oxygens (including phenoxy) is 1. The fourth-order valence-corrected chi connectivity index (χ4v) is 2.00. The van der Waals surface area contributed by atoms with Gasteiger partial charge < -0.3 is 4.74 Å². The molecule has 19 heavy (non-hydrogen) atoms. The molecule has 0 bridgehead atoms. The minimum atomic E-state index is -0.272. The Morgan fingerprint density at radius 3 is 2.53 bits per heavy atom. The Balaban J connectivity index is 2.53. The summed E-state index contributed by atoms with van der Waals surface area (Å²) in [7, 11) is 1.54. The Labute approximate surface area is 112 Å². The van der Waals surface area contributed by atoms with Crippen molar-refractivity contribution in [1.29, 1.82) is 5.26 Å². The third-order valence-corrected chi connectivity index (χ3v) is 2.96. The van der Waals surface area contributed by atoms with Crippen LogP contribution in [0.4, 0.5) is 4.39 Å². The normalized spacial score (nSPS) is 10.0. The van der Waals surface area contributed by atoms with Gasteiger partial charge in [0.25, 0.3) is 0 Å². The zero-order chi connectivity index (χ0) is 13.8. The van der Waals surface area contributed by atoms with E-state index in [0.717, 1.165) is 11.1 Å². The maximum absolute atomic E-state index is 14.0. The summed E-state index contributed by atoms with van der Waals surface area (Å²) in [5.41, 5.74) is 2.93. The molecule has 0 saturated heterocycles. The molecule has 96 valence electrons. The molecule has 0 aliphatic carbocycles. The van der Waals surface area contributed by atoms with Gasteiger partial charge in [-0.05, 0) is 30.2 Å². The van der Waals surface area contributed by atoms with E-state index in [-0.39, 0.29) is 5.82 Å². The SMILES string of the molecule is COc1cc(CC#N)ccc1-c1ccc(C)cc1F. The zero-order valence-electron chi connectivity index (χ0n) is 10.9. The highest BCUT2D eigenvalue weighted by Crippen LogP contribution is 2.33. The number of nitriles is 1. The topological polar surface area (TPSA) is 33.0 Å². The molecule has 2 aromatic carbocycles. The molecule has 2 nitrogen and oxygen atoms in total. The van der Waals surface area contributed by atoms with Crippen molar-refractivity contribution in [3.63, 3.8) is 0 Å². The molecule has 2 aromatic rings. The Morgan fingerprint density at radius 1 is 1.16 bits per heavy atom. The maximum atomic E-state index is 14.0. The molecule has 2 rings (SSSR count). The van der Waals surface area contributed by atoms with Crippen LogP contribution in [-0.4, -0.2) is 7.11 Å². The second kappa shape index (κ2) is 5.53. The lowest BCUT2D eigenvalue weighted by Crippen LogP contribution is -1.93. The summed E-state index contributed by atoms with van der Waals surface area (Å²) in [6.45, 7) is 1.85. The first-order valence-electron chi connectivity index (χ1n) is 5.96. The van der Waals surface area contributed by atoms with Crippen LogP contribution in [0.15, 0.2) is 36.4 Å². The van der Waals surface area contributed by atoms with Crippen molar-refractivity contribution < 1.29 is 9.13 Å². The third-order valence-electron chi connectivity index (χ3n) is 2.96. The fourth-order valence-electron chi connectivity index (χ4n) is 2.00. The Morgan fingerprint density at radius 2 is 1.89 bits per heavy atom. The molecule has 3 heteroatoms.